The fourth-order valence-corrected chi connectivity index (χ4v) is 2.72. The molecule has 0 unspecified atom stereocenters. The molecule has 0 spiro atoms. The van der Waals surface area contributed by atoms with E-state index in [-0.39, 0.29) is 0 Å². The molecule has 4 heteroatoms. The molecule has 0 bridgehead atoms. The number of aromatic nitrogens is 1. The van der Waals surface area contributed by atoms with Crippen LogP contribution in [0.4, 0.5) is 10.8 Å². The minimum Gasteiger partial charge on any atom is -0.318 e. The predicted molar refractivity (Wildman–Crippen MR) is 74.0 cm³/mol. The Kier molecular flexibility index (Phi) is 4.12. The molecule has 1 N–H and O–H groups in total. The van der Waals surface area contributed by atoms with Gasteiger partial charge in [0, 0.05) is 29.9 Å². The lowest BCUT2D eigenvalue weighted by Crippen LogP contribution is -2.15. The lowest BCUT2D eigenvalue weighted by atomic mass is 10.3. The number of rotatable bonds is 5. The number of nitrogens with one attached hydrogen (secondary N) is 1. The van der Waals surface area contributed by atoms with Gasteiger partial charge in [-0.3, -0.25) is 0 Å². The van der Waals surface area contributed by atoms with E-state index in [2.05, 4.69) is 46.4 Å². The van der Waals surface area contributed by atoms with Gasteiger partial charge in [-0.15, -0.1) is 11.3 Å². The third-order valence-electron chi connectivity index (χ3n) is 2.51. The van der Waals surface area contributed by atoms with E-state index >= 15 is 0 Å². The fraction of sp³-hybridized carbons (Fsp3) is 0.308. The van der Waals surface area contributed by atoms with Crippen molar-refractivity contribution in [3.8, 4) is 0 Å². The van der Waals surface area contributed by atoms with Gasteiger partial charge in [0.15, 0.2) is 5.13 Å². The van der Waals surface area contributed by atoms with Crippen LogP contribution in [-0.2, 0) is 6.54 Å². The van der Waals surface area contributed by atoms with Crippen molar-refractivity contribution in [2.75, 3.05) is 18.5 Å². The number of anilines is 2. The van der Waals surface area contributed by atoms with E-state index in [1.54, 1.807) is 11.3 Å². The molecule has 17 heavy (non-hydrogen) atoms. The standard InChI is InChI=1S/C13H17N3S/c1-3-16(11-7-5-4-6-8-11)13-15-10-12(17-13)9-14-2/h4-8,10,14H,3,9H2,1-2H3. The minimum atomic E-state index is 0.879. The van der Waals surface area contributed by atoms with E-state index in [0.717, 1.165) is 18.2 Å². The first-order chi connectivity index (χ1) is 8.35. The van der Waals surface area contributed by atoms with Gasteiger partial charge < -0.3 is 10.2 Å². The second-order valence-corrected chi connectivity index (χ2v) is 4.81. The summed E-state index contributed by atoms with van der Waals surface area (Å²) < 4.78 is 0. The molecular weight excluding hydrogens is 230 g/mol. The third-order valence-corrected chi connectivity index (χ3v) is 3.53. The van der Waals surface area contributed by atoms with E-state index in [1.807, 2.05) is 19.3 Å². The minimum absolute atomic E-state index is 0.879. The summed E-state index contributed by atoms with van der Waals surface area (Å²) in [6.45, 7) is 3.95. The molecule has 0 radical (unpaired) electrons. The van der Waals surface area contributed by atoms with Crippen LogP contribution in [0.15, 0.2) is 36.5 Å². The molecule has 2 aromatic rings. The zero-order valence-corrected chi connectivity index (χ0v) is 11.0. The molecule has 0 atom stereocenters. The van der Waals surface area contributed by atoms with Gasteiger partial charge in [0.25, 0.3) is 0 Å². The Morgan fingerprint density at radius 1 is 1.29 bits per heavy atom. The molecule has 0 aliphatic carbocycles. The highest BCUT2D eigenvalue weighted by Crippen LogP contribution is 2.28. The second kappa shape index (κ2) is 5.80. The van der Waals surface area contributed by atoms with Gasteiger partial charge in [0.1, 0.15) is 0 Å². The van der Waals surface area contributed by atoms with Crippen LogP contribution in [0.5, 0.6) is 0 Å². The van der Waals surface area contributed by atoms with E-state index in [0.29, 0.717) is 0 Å². The Labute approximate surface area is 106 Å². The molecule has 1 aromatic heterocycles. The van der Waals surface area contributed by atoms with Gasteiger partial charge in [-0.2, -0.15) is 0 Å². The molecular formula is C13H17N3S. The summed E-state index contributed by atoms with van der Waals surface area (Å²) in [5.41, 5.74) is 1.19. The predicted octanol–water partition coefficient (Wildman–Crippen LogP) is 3.02. The van der Waals surface area contributed by atoms with E-state index < -0.39 is 0 Å². The number of para-hydroxylation sites is 1. The average Bonchev–Trinajstić information content (AvgIpc) is 2.81. The van der Waals surface area contributed by atoms with Gasteiger partial charge >= 0.3 is 0 Å². The second-order valence-electron chi connectivity index (χ2n) is 3.72. The Bertz CT molecular complexity index is 453. The highest BCUT2D eigenvalue weighted by Gasteiger charge is 2.10. The summed E-state index contributed by atoms with van der Waals surface area (Å²) >= 11 is 1.74. The van der Waals surface area contributed by atoms with Crippen LogP contribution in [0, 0.1) is 0 Å². The normalized spacial score (nSPS) is 10.5. The first kappa shape index (κ1) is 12.1. The number of nitrogens with zero attached hydrogens (tertiary/aromatic N) is 2. The van der Waals surface area contributed by atoms with Crippen molar-refractivity contribution >= 4 is 22.2 Å². The summed E-state index contributed by atoms with van der Waals surface area (Å²) in [6.07, 6.45) is 1.95. The van der Waals surface area contributed by atoms with Crippen LogP contribution in [0.25, 0.3) is 0 Å². The molecule has 0 aliphatic rings. The number of thiazole rings is 1. The fourth-order valence-electron chi connectivity index (χ4n) is 1.71. The Morgan fingerprint density at radius 3 is 2.71 bits per heavy atom. The smallest absolute Gasteiger partial charge is 0.190 e. The Morgan fingerprint density at radius 2 is 2.06 bits per heavy atom. The summed E-state index contributed by atoms with van der Waals surface area (Å²) in [5, 5.41) is 4.21. The molecule has 2 rings (SSSR count). The lowest BCUT2D eigenvalue weighted by molar-refractivity contribution is 0.829. The van der Waals surface area contributed by atoms with Gasteiger partial charge in [-0.05, 0) is 26.1 Å². The molecule has 1 aromatic carbocycles. The monoisotopic (exact) mass is 247 g/mol. The van der Waals surface area contributed by atoms with Crippen molar-refractivity contribution in [3.63, 3.8) is 0 Å². The molecule has 0 saturated heterocycles. The van der Waals surface area contributed by atoms with Gasteiger partial charge in [0.05, 0.1) is 0 Å². The van der Waals surface area contributed by atoms with Crippen LogP contribution in [0.3, 0.4) is 0 Å². The maximum absolute atomic E-state index is 4.49. The molecule has 3 nitrogen and oxygen atoms in total. The van der Waals surface area contributed by atoms with Crippen molar-refractivity contribution in [1.29, 1.82) is 0 Å². The van der Waals surface area contributed by atoms with Crippen molar-refractivity contribution < 1.29 is 0 Å². The van der Waals surface area contributed by atoms with Crippen molar-refractivity contribution in [2.24, 2.45) is 0 Å². The van der Waals surface area contributed by atoms with Crippen LogP contribution in [-0.4, -0.2) is 18.6 Å². The lowest BCUT2D eigenvalue weighted by Gasteiger charge is -2.19. The highest BCUT2D eigenvalue weighted by molar-refractivity contribution is 7.15. The van der Waals surface area contributed by atoms with Crippen LogP contribution < -0.4 is 10.2 Å². The summed E-state index contributed by atoms with van der Waals surface area (Å²) in [4.78, 5) is 7.97. The van der Waals surface area contributed by atoms with E-state index in [9.17, 15) is 0 Å². The van der Waals surface area contributed by atoms with Crippen molar-refractivity contribution in [2.45, 2.75) is 13.5 Å². The Hall–Kier alpha value is -1.39. The molecule has 0 saturated carbocycles. The molecule has 90 valence electrons. The quantitative estimate of drug-likeness (QED) is 0.880. The summed E-state index contributed by atoms with van der Waals surface area (Å²) in [5.74, 6) is 0. The van der Waals surface area contributed by atoms with Gasteiger partial charge in [0.2, 0.25) is 0 Å². The maximum Gasteiger partial charge on any atom is 0.190 e. The van der Waals surface area contributed by atoms with Crippen molar-refractivity contribution in [1.82, 2.24) is 10.3 Å². The van der Waals surface area contributed by atoms with Crippen LogP contribution >= 0.6 is 11.3 Å². The third kappa shape index (κ3) is 2.84. The number of hydrogen-bond acceptors (Lipinski definition) is 4. The first-order valence-corrected chi connectivity index (χ1v) is 6.58. The van der Waals surface area contributed by atoms with E-state index in [4.69, 9.17) is 0 Å². The zero-order valence-electron chi connectivity index (χ0n) is 10.2. The Balaban J connectivity index is 2.23. The number of hydrogen-bond donors (Lipinski definition) is 1. The molecule has 0 amide bonds. The van der Waals surface area contributed by atoms with Gasteiger partial charge in [-0.25, -0.2) is 4.98 Å². The maximum atomic E-state index is 4.49. The molecule has 0 fully saturated rings. The number of benzene rings is 1. The summed E-state index contributed by atoms with van der Waals surface area (Å²) in [6, 6.07) is 10.4. The van der Waals surface area contributed by atoms with Crippen molar-refractivity contribution in [3.05, 3.63) is 41.4 Å². The van der Waals surface area contributed by atoms with Crippen LogP contribution in [0.1, 0.15) is 11.8 Å². The first-order valence-electron chi connectivity index (χ1n) is 5.77. The van der Waals surface area contributed by atoms with Gasteiger partial charge in [-0.1, -0.05) is 18.2 Å². The largest absolute Gasteiger partial charge is 0.318 e. The molecule has 0 aliphatic heterocycles. The molecule has 1 heterocycles. The van der Waals surface area contributed by atoms with E-state index in [1.165, 1.54) is 10.6 Å². The summed E-state index contributed by atoms with van der Waals surface area (Å²) in [7, 11) is 1.95. The average molecular weight is 247 g/mol. The van der Waals surface area contributed by atoms with Crippen LogP contribution in [0.2, 0.25) is 0 Å². The topological polar surface area (TPSA) is 28.2 Å². The zero-order chi connectivity index (χ0) is 12.1. The SMILES string of the molecule is CCN(c1ccccc1)c1ncc(CNC)s1. The highest BCUT2D eigenvalue weighted by atomic mass is 32.1.